The number of benzene rings is 1. The molecule has 7 N–H and O–H groups in total. The average Bonchev–Trinajstić information content (AvgIpc) is 2.99. The van der Waals surface area contributed by atoms with E-state index in [9.17, 15) is 39.9 Å². The van der Waals surface area contributed by atoms with Crippen molar-refractivity contribution in [1.29, 1.82) is 5.26 Å². The van der Waals surface area contributed by atoms with E-state index in [1.165, 1.54) is 0 Å². The molecule has 0 radical (unpaired) electrons. The van der Waals surface area contributed by atoms with E-state index in [1.54, 1.807) is 24.3 Å². The summed E-state index contributed by atoms with van der Waals surface area (Å²) in [6, 6.07) is 6.81. The molecule has 1 heterocycles. The van der Waals surface area contributed by atoms with Gasteiger partial charge < -0.3 is 50.4 Å². The van der Waals surface area contributed by atoms with Crippen molar-refractivity contribution in [2.45, 2.75) is 74.8 Å². The van der Waals surface area contributed by atoms with Crippen LogP contribution in [0.3, 0.4) is 0 Å². The maximum absolute atomic E-state index is 12.4. The number of aliphatic carboxylic acids is 1. The summed E-state index contributed by atoms with van der Waals surface area (Å²) in [6.45, 7) is -0.823. The van der Waals surface area contributed by atoms with Crippen molar-refractivity contribution in [2.75, 3.05) is 33.0 Å². The molecule has 0 aliphatic carbocycles. The van der Waals surface area contributed by atoms with Crippen LogP contribution in [0.5, 0.6) is 0 Å². The summed E-state index contributed by atoms with van der Waals surface area (Å²) in [4.78, 5) is 36.6. The van der Waals surface area contributed by atoms with Gasteiger partial charge in [0.25, 0.3) is 5.79 Å². The Morgan fingerprint density at radius 2 is 1.79 bits per heavy atom. The third-order valence-corrected chi connectivity index (χ3v) is 6.76. The quantitative estimate of drug-likeness (QED) is 0.0755. The summed E-state index contributed by atoms with van der Waals surface area (Å²) in [7, 11) is 0. The summed E-state index contributed by atoms with van der Waals surface area (Å²) < 4.78 is 16.5. The molecule has 14 nitrogen and oxygen atoms in total. The highest BCUT2D eigenvalue weighted by atomic mass is 16.7. The number of unbranched alkanes of at least 4 members (excludes halogenated alkanes) is 3. The Bertz CT molecular complexity index is 1130. The number of carbonyl (C=O) groups is 3. The van der Waals surface area contributed by atoms with E-state index in [0.29, 0.717) is 30.6 Å². The average molecular weight is 606 g/mol. The highest BCUT2D eigenvalue weighted by Crippen LogP contribution is 2.33. The Labute approximate surface area is 249 Å². The summed E-state index contributed by atoms with van der Waals surface area (Å²) in [6.07, 6.45) is 0.0355. The molecule has 2 rings (SSSR count). The SMILES string of the molecule is C#CCOCCCCCCO[C@]1(C(=O)O)C[C@H](O)[C@@H](NC(=O)CO)[C@H]([C@H](O)[C@H](O)CNC(=O)Cc2ccc(C#N)cc2)O1. The largest absolute Gasteiger partial charge is 0.477 e. The zero-order valence-electron chi connectivity index (χ0n) is 23.7. The van der Waals surface area contributed by atoms with Crippen molar-refractivity contribution < 1.29 is 54.1 Å². The third kappa shape index (κ3) is 11.2. The Kier molecular flexibility index (Phi) is 15.0. The number of nitrogens with one attached hydrogen (secondary N) is 2. The lowest BCUT2D eigenvalue weighted by molar-refractivity contribution is -0.310. The van der Waals surface area contributed by atoms with Crippen molar-refractivity contribution in [3.05, 3.63) is 35.4 Å². The number of ether oxygens (including phenoxy) is 3. The number of hydrogen-bond acceptors (Lipinski definition) is 11. The highest BCUT2D eigenvalue weighted by Gasteiger charge is 2.55. The first kappa shape index (κ1) is 35.6. The van der Waals surface area contributed by atoms with Gasteiger partial charge in [0.05, 0.1) is 42.9 Å². The minimum Gasteiger partial charge on any atom is -0.477 e. The molecule has 1 fully saturated rings. The molecule has 2 amide bonds. The summed E-state index contributed by atoms with van der Waals surface area (Å²) in [5.74, 6) is -3.10. The van der Waals surface area contributed by atoms with Crippen LogP contribution < -0.4 is 10.6 Å². The lowest BCUT2D eigenvalue weighted by Gasteiger charge is -2.46. The van der Waals surface area contributed by atoms with Crippen molar-refractivity contribution >= 4 is 17.8 Å². The third-order valence-electron chi connectivity index (χ3n) is 6.76. The van der Waals surface area contributed by atoms with E-state index >= 15 is 0 Å². The van der Waals surface area contributed by atoms with Gasteiger partial charge in [-0.1, -0.05) is 30.9 Å². The molecule has 1 saturated heterocycles. The minimum atomic E-state index is -2.42. The lowest BCUT2D eigenvalue weighted by Crippen LogP contribution is -2.68. The fourth-order valence-electron chi connectivity index (χ4n) is 4.48. The predicted octanol–water partition coefficient (Wildman–Crippen LogP) is -1.43. The molecule has 236 valence electrons. The molecule has 6 atom stereocenters. The Morgan fingerprint density at radius 3 is 2.40 bits per heavy atom. The first-order chi connectivity index (χ1) is 20.6. The Morgan fingerprint density at radius 1 is 1.12 bits per heavy atom. The fourth-order valence-corrected chi connectivity index (χ4v) is 4.48. The molecule has 1 aliphatic rings. The number of nitrogens with zero attached hydrogens (tertiary/aromatic N) is 1. The summed E-state index contributed by atoms with van der Waals surface area (Å²) in [5.41, 5.74) is 1.02. The standard InChI is InChI=1S/C29H39N3O11/c1-2-11-41-12-5-3-4-6-13-42-29(28(39)40)15-21(34)25(32-24(37)18-33)27(43-29)26(38)22(35)17-31-23(36)14-19-7-9-20(16-30)10-8-19/h1,7-10,21-22,25-27,33-35,38H,3-6,11-15,17-18H2,(H,31,36)(H,32,37)(H,39,40)/t21-,22+,25+,26+,27+,29+/m0/s1. The maximum atomic E-state index is 12.4. The number of amides is 2. The molecule has 0 unspecified atom stereocenters. The first-order valence-electron chi connectivity index (χ1n) is 13.8. The smallest absolute Gasteiger partial charge is 0.364 e. The minimum absolute atomic E-state index is 0.0747. The van der Waals surface area contributed by atoms with Crippen molar-refractivity contribution in [3.8, 4) is 18.4 Å². The van der Waals surface area contributed by atoms with E-state index in [4.69, 9.17) is 25.9 Å². The second-order valence-corrected chi connectivity index (χ2v) is 10.0. The molecule has 14 heteroatoms. The molecule has 43 heavy (non-hydrogen) atoms. The second-order valence-electron chi connectivity index (χ2n) is 10.0. The number of rotatable bonds is 18. The van der Waals surface area contributed by atoms with E-state index in [-0.39, 0.29) is 19.6 Å². The molecule has 0 spiro atoms. The van der Waals surface area contributed by atoms with Crippen LogP contribution >= 0.6 is 0 Å². The van der Waals surface area contributed by atoms with Gasteiger partial charge in [-0.05, 0) is 30.5 Å². The normalized spacial score (nSPS) is 22.9. The van der Waals surface area contributed by atoms with Crippen molar-refractivity contribution in [2.24, 2.45) is 0 Å². The van der Waals surface area contributed by atoms with Crippen molar-refractivity contribution in [1.82, 2.24) is 10.6 Å². The van der Waals surface area contributed by atoms with Gasteiger partial charge in [-0.3, -0.25) is 9.59 Å². The zero-order valence-corrected chi connectivity index (χ0v) is 23.7. The van der Waals surface area contributed by atoms with Crippen LogP contribution in [0.15, 0.2) is 24.3 Å². The van der Waals surface area contributed by atoms with Crippen LogP contribution in [0, 0.1) is 23.7 Å². The fraction of sp³-hybridized carbons (Fsp3) is 0.586. The molecule has 0 saturated carbocycles. The van der Waals surface area contributed by atoms with Crippen LogP contribution in [0.25, 0.3) is 0 Å². The van der Waals surface area contributed by atoms with Gasteiger partial charge in [0, 0.05) is 19.6 Å². The van der Waals surface area contributed by atoms with Crippen LogP contribution in [-0.2, 0) is 35.0 Å². The molecule has 1 aliphatic heterocycles. The number of aliphatic hydroxyl groups excluding tert-OH is 4. The Balaban J connectivity index is 2.05. The van der Waals surface area contributed by atoms with E-state index in [0.717, 1.165) is 12.8 Å². The molecular weight excluding hydrogens is 566 g/mol. The number of carboxylic acid groups (broad SMARTS) is 1. The Hall–Kier alpha value is -3.60. The molecule has 0 bridgehead atoms. The van der Waals surface area contributed by atoms with Gasteiger partial charge >= 0.3 is 5.97 Å². The monoisotopic (exact) mass is 605 g/mol. The van der Waals surface area contributed by atoms with Gasteiger partial charge in [0.1, 0.15) is 25.4 Å². The van der Waals surface area contributed by atoms with E-state index < -0.39 is 73.6 Å². The van der Waals surface area contributed by atoms with Crippen LogP contribution in [0.1, 0.15) is 43.2 Å². The van der Waals surface area contributed by atoms with Gasteiger partial charge in [-0.25, -0.2) is 4.79 Å². The highest BCUT2D eigenvalue weighted by molar-refractivity contribution is 5.79. The topological polar surface area (TPSA) is 228 Å². The van der Waals surface area contributed by atoms with Gasteiger partial charge in [0.15, 0.2) is 0 Å². The van der Waals surface area contributed by atoms with Crippen molar-refractivity contribution in [3.63, 3.8) is 0 Å². The number of terminal acetylenes is 1. The van der Waals surface area contributed by atoms with Gasteiger partial charge in [0.2, 0.25) is 11.8 Å². The van der Waals surface area contributed by atoms with E-state index in [2.05, 4.69) is 16.6 Å². The number of carboxylic acids is 1. The summed E-state index contributed by atoms with van der Waals surface area (Å²) >= 11 is 0. The molecule has 0 aromatic heterocycles. The summed E-state index contributed by atoms with van der Waals surface area (Å²) in [5, 5.41) is 65.2. The van der Waals surface area contributed by atoms with Gasteiger partial charge in [-0.15, -0.1) is 6.42 Å². The number of hydrogen-bond donors (Lipinski definition) is 7. The molecule has 1 aromatic carbocycles. The molecular formula is C29H39N3O11. The number of carbonyl (C=O) groups excluding carboxylic acids is 2. The number of aliphatic hydroxyl groups is 4. The lowest BCUT2D eigenvalue weighted by atomic mass is 9.88. The van der Waals surface area contributed by atoms with Gasteiger partial charge in [-0.2, -0.15) is 5.26 Å². The maximum Gasteiger partial charge on any atom is 0.364 e. The van der Waals surface area contributed by atoms with E-state index in [1.807, 2.05) is 6.07 Å². The van der Waals surface area contributed by atoms with Crippen LogP contribution in [0.4, 0.5) is 0 Å². The molecule has 1 aromatic rings. The van der Waals surface area contributed by atoms with Crippen LogP contribution in [0.2, 0.25) is 0 Å². The predicted molar refractivity (Wildman–Crippen MR) is 149 cm³/mol. The zero-order chi connectivity index (χ0) is 31.8. The van der Waals surface area contributed by atoms with Crippen LogP contribution in [-0.4, -0.2) is 113 Å². The number of nitriles is 1. The first-order valence-corrected chi connectivity index (χ1v) is 13.8. The second kappa shape index (κ2) is 18.1.